The van der Waals surface area contributed by atoms with E-state index in [0.717, 1.165) is 11.3 Å². The second-order valence-corrected chi connectivity index (χ2v) is 4.86. The molecule has 1 aliphatic rings. The number of nitrogens with one attached hydrogen (secondary N) is 1. The maximum atomic E-state index is 12.1. The Morgan fingerprint density at radius 1 is 1.47 bits per heavy atom. The number of hydrogen-bond acceptors (Lipinski definition) is 4. The second kappa shape index (κ2) is 5.03. The molecular formula is C13H19N3O3. The van der Waals surface area contributed by atoms with Crippen LogP contribution in [0.5, 0.6) is 0 Å². The molecule has 0 aliphatic carbocycles. The summed E-state index contributed by atoms with van der Waals surface area (Å²) in [6.45, 7) is 7.53. The summed E-state index contributed by atoms with van der Waals surface area (Å²) in [5.74, 6) is 0.526. The number of piperazine rings is 1. The van der Waals surface area contributed by atoms with Crippen molar-refractivity contribution in [2.75, 3.05) is 6.54 Å². The summed E-state index contributed by atoms with van der Waals surface area (Å²) in [6, 6.07) is -0.639. The van der Waals surface area contributed by atoms with Gasteiger partial charge in [-0.05, 0) is 27.2 Å². The zero-order valence-corrected chi connectivity index (χ0v) is 11.7. The molecule has 0 radical (unpaired) electrons. The first kappa shape index (κ1) is 13.6. The number of amides is 2. The van der Waals surface area contributed by atoms with E-state index in [1.54, 1.807) is 4.90 Å². The van der Waals surface area contributed by atoms with Gasteiger partial charge in [0.1, 0.15) is 11.8 Å². The fourth-order valence-corrected chi connectivity index (χ4v) is 2.77. The Morgan fingerprint density at radius 2 is 2.16 bits per heavy atom. The van der Waals surface area contributed by atoms with Crippen LogP contribution in [0.2, 0.25) is 0 Å². The Bertz CT molecular complexity index is 490. The molecule has 104 valence electrons. The highest BCUT2D eigenvalue weighted by molar-refractivity contribution is 5.95. The number of aromatic nitrogens is 1. The van der Waals surface area contributed by atoms with Crippen LogP contribution in [-0.2, 0) is 9.59 Å². The Kier molecular flexibility index (Phi) is 3.59. The standard InChI is InChI=1S/C13H19N3O3/c1-5-10-13(18)14-6-11(17)16(10)8(3)12-7(2)15-19-9(12)4/h8,10H,5-6H2,1-4H3,(H,14,18). The van der Waals surface area contributed by atoms with Gasteiger partial charge in [0.2, 0.25) is 11.8 Å². The van der Waals surface area contributed by atoms with Crippen LogP contribution in [0.15, 0.2) is 4.52 Å². The molecule has 2 rings (SSSR count). The number of carbonyl (C=O) groups is 2. The quantitative estimate of drug-likeness (QED) is 0.887. The molecule has 2 heterocycles. The van der Waals surface area contributed by atoms with E-state index < -0.39 is 6.04 Å². The van der Waals surface area contributed by atoms with E-state index in [0.29, 0.717) is 12.2 Å². The van der Waals surface area contributed by atoms with E-state index in [9.17, 15) is 9.59 Å². The fourth-order valence-electron chi connectivity index (χ4n) is 2.77. The minimum Gasteiger partial charge on any atom is -0.361 e. The molecule has 1 fully saturated rings. The first-order valence-electron chi connectivity index (χ1n) is 6.49. The lowest BCUT2D eigenvalue weighted by Crippen LogP contribution is -2.58. The first-order chi connectivity index (χ1) is 8.97. The Labute approximate surface area is 112 Å². The van der Waals surface area contributed by atoms with Crippen molar-refractivity contribution in [3.8, 4) is 0 Å². The van der Waals surface area contributed by atoms with Crippen LogP contribution in [0.3, 0.4) is 0 Å². The SMILES string of the molecule is CCC1C(=O)NCC(=O)N1C(C)c1c(C)noc1C. The van der Waals surface area contributed by atoms with Crippen LogP contribution in [0, 0.1) is 13.8 Å². The summed E-state index contributed by atoms with van der Waals surface area (Å²) >= 11 is 0. The van der Waals surface area contributed by atoms with Gasteiger partial charge in [0.05, 0.1) is 18.3 Å². The maximum Gasteiger partial charge on any atom is 0.243 e. The third-order valence-electron chi connectivity index (χ3n) is 3.65. The van der Waals surface area contributed by atoms with Crippen molar-refractivity contribution in [3.05, 3.63) is 17.0 Å². The van der Waals surface area contributed by atoms with Crippen molar-refractivity contribution in [1.29, 1.82) is 0 Å². The fraction of sp³-hybridized carbons (Fsp3) is 0.615. The summed E-state index contributed by atoms with van der Waals surface area (Å²) in [5, 5.41) is 6.54. The lowest BCUT2D eigenvalue weighted by molar-refractivity contribution is -0.148. The summed E-state index contributed by atoms with van der Waals surface area (Å²) in [7, 11) is 0. The Morgan fingerprint density at radius 3 is 2.68 bits per heavy atom. The van der Waals surface area contributed by atoms with Gasteiger partial charge in [-0.25, -0.2) is 0 Å². The molecule has 0 aromatic carbocycles. The molecular weight excluding hydrogens is 246 g/mol. The van der Waals surface area contributed by atoms with Crippen molar-refractivity contribution in [1.82, 2.24) is 15.4 Å². The van der Waals surface area contributed by atoms with Gasteiger partial charge in [-0.1, -0.05) is 12.1 Å². The van der Waals surface area contributed by atoms with Crippen LogP contribution in [-0.4, -0.2) is 34.5 Å². The first-order valence-corrected chi connectivity index (χ1v) is 6.49. The van der Waals surface area contributed by atoms with E-state index in [4.69, 9.17) is 4.52 Å². The average molecular weight is 265 g/mol. The predicted molar refractivity (Wildman–Crippen MR) is 68.3 cm³/mol. The molecule has 1 aliphatic heterocycles. The molecule has 2 atom stereocenters. The minimum absolute atomic E-state index is 0.0586. The van der Waals surface area contributed by atoms with Gasteiger partial charge in [0.25, 0.3) is 0 Å². The molecule has 1 aromatic heterocycles. The molecule has 0 bridgehead atoms. The van der Waals surface area contributed by atoms with Gasteiger partial charge in [0.15, 0.2) is 0 Å². The van der Waals surface area contributed by atoms with Crippen LogP contribution in [0.4, 0.5) is 0 Å². The van der Waals surface area contributed by atoms with E-state index in [1.165, 1.54) is 0 Å². The number of rotatable bonds is 3. The highest BCUT2D eigenvalue weighted by atomic mass is 16.5. The van der Waals surface area contributed by atoms with Crippen molar-refractivity contribution in [2.45, 2.75) is 46.2 Å². The normalized spacial score (nSPS) is 21.5. The van der Waals surface area contributed by atoms with Gasteiger partial charge in [-0.3, -0.25) is 9.59 Å². The van der Waals surface area contributed by atoms with Gasteiger partial charge in [0, 0.05) is 5.56 Å². The van der Waals surface area contributed by atoms with Crippen LogP contribution >= 0.6 is 0 Å². The van der Waals surface area contributed by atoms with Crippen molar-refractivity contribution < 1.29 is 14.1 Å². The number of hydrogen-bond donors (Lipinski definition) is 1. The lowest BCUT2D eigenvalue weighted by Gasteiger charge is -2.38. The van der Waals surface area contributed by atoms with E-state index in [2.05, 4.69) is 10.5 Å². The van der Waals surface area contributed by atoms with Gasteiger partial charge < -0.3 is 14.7 Å². The molecule has 1 aromatic rings. The molecule has 6 nitrogen and oxygen atoms in total. The highest BCUT2D eigenvalue weighted by Gasteiger charge is 2.38. The summed E-state index contributed by atoms with van der Waals surface area (Å²) in [4.78, 5) is 25.7. The molecule has 2 amide bonds. The van der Waals surface area contributed by atoms with Crippen LogP contribution in [0.25, 0.3) is 0 Å². The molecule has 2 unspecified atom stereocenters. The predicted octanol–water partition coefficient (Wildman–Crippen LogP) is 1.09. The van der Waals surface area contributed by atoms with Crippen LogP contribution in [0.1, 0.15) is 43.3 Å². The monoisotopic (exact) mass is 265 g/mol. The second-order valence-electron chi connectivity index (χ2n) is 4.86. The van der Waals surface area contributed by atoms with E-state index in [-0.39, 0.29) is 24.4 Å². The topological polar surface area (TPSA) is 75.4 Å². The van der Waals surface area contributed by atoms with Crippen LogP contribution < -0.4 is 5.32 Å². The average Bonchev–Trinajstić information content (AvgIpc) is 2.70. The summed E-state index contributed by atoms with van der Waals surface area (Å²) < 4.78 is 5.15. The maximum absolute atomic E-state index is 12.1. The minimum atomic E-state index is -0.426. The zero-order valence-electron chi connectivity index (χ0n) is 11.7. The molecule has 0 saturated carbocycles. The smallest absolute Gasteiger partial charge is 0.243 e. The molecule has 6 heteroatoms. The molecule has 1 N–H and O–H groups in total. The lowest BCUT2D eigenvalue weighted by atomic mass is 10.00. The summed E-state index contributed by atoms with van der Waals surface area (Å²) in [5.41, 5.74) is 1.65. The Balaban J connectivity index is 2.37. The van der Waals surface area contributed by atoms with Crippen molar-refractivity contribution in [2.24, 2.45) is 0 Å². The molecule has 1 saturated heterocycles. The van der Waals surface area contributed by atoms with Gasteiger partial charge in [-0.15, -0.1) is 0 Å². The third-order valence-corrected chi connectivity index (χ3v) is 3.65. The zero-order chi connectivity index (χ0) is 14.2. The number of nitrogens with zero attached hydrogens (tertiary/aromatic N) is 2. The van der Waals surface area contributed by atoms with E-state index >= 15 is 0 Å². The number of aryl methyl sites for hydroxylation is 2. The third kappa shape index (κ3) is 2.22. The molecule has 0 spiro atoms. The molecule has 19 heavy (non-hydrogen) atoms. The Hall–Kier alpha value is -1.85. The number of carbonyl (C=O) groups excluding carboxylic acids is 2. The van der Waals surface area contributed by atoms with Gasteiger partial charge in [-0.2, -0.15) is 0 Å². The van der Waals surface area contributed by atoms with Crippen molar-refractivity contribution >= 4 is 11.8 Å². The van der Waals surface area contributed by atoms with E-state index in [1.807, 2.05) is 27.7 Å². The van der Waals surface area contributed by atoms with Crippen molar-refractivity contribution in [3.63, 3.8) is 0 Å². The summed E-state index contributed by atoms with van der Waals surface area (Å²) in [6.07, 6.45) is 0.589. The largest absolute Gasteiger partial charge is 0.361 e. The highest BCUT2D eigenvalue weighted by Crippen LogP contribution is 2.29. The van der Waals surface area contributed by atoms with Gasteiger partial charge >= 0.3 is 0 Å².